The van der Waals surface area contributed by atoms with Crippen molar-refractivity contribution in [1.82, 2.24) is 4.90 Å². The molecular weight excluding hydrogens is 342 g/mol. The van der Waals surface area contributed by atoms with Crippen molar-refractivity contribution >= 4 is 28.4 Å². The number of urea groups is 1. The van der Waals surface area contributed by atoms with Crippen molar-refractivity contribution in [3.05, 3.63) is 42.0 Å². The molecule has 0 radical (unpaired) electrons. The summed E-state index contributed by atoms with van der Waals surface area (Å²) in [4.78, 5) is 28.9. The van der Waals surface area contributed by atoms with Crippen LogP contribution in [0.2, 0.25) is 0 Å². The minimum atomic E-state index is -1.10. The molecule has 0 saturated carbocycles. The van der Waals surface area contributed by atoms with E-state index < -0.39 is 17.2 Å². The number of anilines is 1. The van der Waals surface area contributed by atoms with E-state index in [-0.39, 0.29) is 12.5 Å². The van der Waals surface area contributed by atoms with Crippen molar-refractivity contribution in [2.24, 2.45) is 0 Å². The maximum absolute atomic E-state index is 13.3. The summed E-state index contributed by atoms with van der Waals surface area (Å²) in [6.45, 7) is 7.53. The Morgan fingerprint density at radius 2 is 1.74 bits per heavy atom. The number of rotatable bonds is 3. The Hall–Kier alpha value is -2.91. The van der Waals surface area contributed by atoms with Crippen molar-refractivity contribution in [3.63, 3.8) is 0 Å². The molecule has 27 heavy (non-hydrogen) atoms. The van der Waals surface area contributed by atoms with E-state index in [9.17, 15) is 14.9 Å². The third kappa shape index (κ3) is 3.04. The summed E-state index contributed by atoms with van der Waals surface area (Å²) in [7, 11) is 1.61. The molecule has 2 aromatic carbocycles. The number of hydrogen-bond acceptors (Lipinski definition) is 4. The summed E-state index contributed by atoms with van der Waals surface area (Å²) in [5.41, 5.74) is -0.548. The van der Waals surface area contributed by atoms with E-state index in [1.165, 1.54) is 9.80 Å². The van der Waals surface area contributed by atoms with Gasteiger partial charge in [-0.1, -0.05) is 24.3 Å². The van der Waals surface area contributed by atoms with Crippen LogP contribution < -0.4 is 4.90 Å². The predicted octanol–water partition coefficient (Wildman–Crippen LogP) is 3.68. The van der Waals surface area contributed by atoms with E-state index in [4.69, 9.17) is 4.74 Å². The lowest BCUT2D eigenvalue weighted by atomic mass is 10.00. The van der Waals surface area contributed by atoms with Crippen LogP contribution in [0.4, 0.5) is 10.5 Å². The third-order valence-electron chi connectivity index (χ3n) is 4.93. The number of likely N-dealkylation sites (N-methyl/N-ethyl adjacent to an activating group) is 1. The molecule has 2 aromatic rings. The van der Waals surface area contributed by atoms with Crippen LogP contribution in [0.25, 0.3) is 10.8 Å². The molecule has 0 aliphatic carbocycles. The second kappa shape index (κ2) is 6.36. The largest absolute Gasteiger partial charge is 0.373 e. The Bertz CT molecular complexity index is 971. The second-order valence-electron chi connectivity index (χ2n) is 7.95. The number of hydrogen-bond donors (Lipinski definition) is 0. The molecule has 1 unspecified atom stereocenters. The summed E-state index contributed by atoms with van der Waals surface area (Å²) in [5, 5.41) is 10.7. The molecule has 0 spiro atoms. The first-order valence-electron chi connectivity index (χ1n) is 8.78. The number of carbonyl (C=O) groups excluding carboxylic acids is 2. The van der Waals surface area contributed by atoms with Crippen molar-refractivity contribution in [1.29, 1.82) is 5.26 Å². The predicted molar refractivity (Wildman–Crippen MR) is 103 cm³/mol. The molecular formula is C21H23N3O3. The summed E-state index contributed by atoms with van der Waals surface area (Å²) in [5.74, 6) is -0.339. The summed E-state index contributed by atoms with van der Waals surface area (Å²) in [6.07, 6.45) is 0. The number of carbonyl (C=O) groups is 2. The number of nitriles is 1. The molecule has 6 heteroatoms. The zero-order chi connectivity index (χ0) is 20.0. The highest BCUT2D eigenvalue weighted by Crippen LogP contribution is 2.36. The Morgan fingerprint density at radius 1 is 1.11 bits per heavy atom. The first-order chi connectivity index (χ1) is 12.6. The Morgan fingerprint density at radius 3 is 2.33 bits per heavy atom. The number of amides is 3. The molecule has 1 heterocycles. The lowest BCUT2D eigenvalue weighted by molar-refractivity contribution is -0.130. The lowest BCUT2D eigenvalue weighted by Crippen LogP contribution is -2.50. The molecule has 1 saturated heterocycles. The van der Waals surface area contributed by atoms with Crippen molar-refractivity contribution in [2.45, 2.75) is 38.8 Å². The van der Waals surface area contributed by atoms with Crippen LogP contribution in [-0.4, -0.2) is 41.6 Å². The van der Waals surface area contributed by atoms with Gasteiger partial charge >= 0.3 is 6.03 Å². The van der Waals surface area contributed by atoms with Crippen molar-refractivity contribution < 1.29 is 14.3 Å². The molecule has 1 aliphatic heterocycles. The quantitative estimate of drug-likeness (QED) is 0.778. The standard InChI is InChI=1S/C21H23N3O3/c1-20(2,3)27-13-21(4)18(25)24(19(26)23(21)5)17-11-10-14(12-22)15-8-6-7-9-16(15)17/h6-11H,13H2,1-5H3. The molecule has 0 aromatic heterocycles. The molecule has 3 rings (SSSR count). The topological polar surface area (TPSA) is 73.6 Å². The van der Waals surface area contributed by atoms with Crippen LogP contribution in [-0.2, 0) is 9.53 Å². The van der Waals surface area contributed by atoms with Gasteiger partial charge in [0.2, 0.25) is 0 Å². The smallest absolute Gasteiger partial charge is 0.332 e. The number of ether oxygens (including phenoxy) is 1. The Labute approximate surface area is 158 Å². The maximum Gasteiger partial charge on any atom is 0.332 e. The van der Waals surface area contributed by atoms with Gasteiger partial charge < -0.3 is 9.64 Å². The van der Waals surface area contributed by atoms with Crippen LogP contribution in [0.3, 0.4) is 0 Å². The number of benzene rings is 2. The fourth-order valence-corrected chi connectivity index (χ4v) is 3.14. The monoisotopic (exact) mass is 365 g/mol. The van der Waals surface area contributed by atoms with E-state index in [1.807, 2.05) is 45.0 Å². The van der Waals surface area contributed by atoms with Crippen LogP contribution in [0.5, 0.6) is 0 Å². The highest BCUT2D eigenvalue weighted by Gasteiger charge is 2.54. The zero-order valence-electron chi connectivity index (χ0n) is 16.2. The number of fused-ring (bicyclic) bond motifs is 1. The molecule has 0 bridgehead atoms. The molecule has 1 aliphatic rings. The minimum absolute atomic E-state index is 0.0995. The summed E-state index contributed by atoms with van der Waals surface area (Å²) < 4.78 is 5.83. The fourth-order valence-electron chi connectivity index (χ4n) is 3.14. The zero-order valence-corrected chi connectivity index (χ0v) is 16.2. The fraction of sp³-hybridized carbons (Fsp3) is 0.381. The molecule has 3 amide bonds. The molecule has 0 N–H and O–H groups in total. The summed E-state index contributed by atoms with van der Waals surface area (Å²) in [6, 6.07) is 12.3. The van der Waals surface area contributed by atoms with Gasteiger partial charge in [-0.05, 0) is 39.8 Å². The van der Waals surface area contributed by atoms with E-state index in [0.29, 0.717) is 22.0 Å². The van der Waals surface area contributed by atoms with Crippen LogP contribution in [0, 0.1) is 11.3 Å². The van der Waals surface area contributed by atoms with Crippen molar-refractivity contribution in [3.8, 4) is 6.07 Å². The van der Waals surface area contributed by atoms with E-state index in [1.54, 1.807) is 26.1 Å². The molecule has 1 atom stereocenters. The normalized spacial score (nSPS) is 20.4. The number of imide groups is 1. The molecule has 140 valence electrons. The first kappa shape index (κ1) is 18.9. The lowest BCUT2D eigenvalue weighted by Gasteiger charge is -2.31. The minimum Gasteiger partial charge on any atom is -0.373 e. The van der Waals surface area contributed by atoms with Crippen LogP contribution in [0.15, 0.2) is 36.4 Å². The van der Waals surface area contributed by atoms with Gasteiger partial charge in [0.1, 0.15) is 5.54 Å². The van der Waals surface area contributed by atoms with Gasteiger partial charge in [0.15, 0.2) is 0 Å². The second-order valence-corrected chi connectivity index (χ2v) is 7.95. The summed E-state index contributed by atoms with van der Waals surface area (Å²) >= 11 is 0. The van der Waals surface area contributed by atoms with Gasteiger partial charge in [-0.25, -0.2) is 9.69 Å². The van der Waals surface area contributed by atoms with Gasteiger partial charge in [0, 0.05) is 17.8 Å². The maximum atomic E-state index is 13.3. The van der Waals surface area contributed by atoms with E-state index in [0.717, 1.165) is 0 Å². The van der Waals surface area contributed by atoms with E-state index >= 15 is 0 Å². The highest BCUT2D eigenvalue weighted by molar-refractivity contribution is 6.26. The average molecular weight is 365 g/mol. The van der Waals surface area contributed by atoms with Gasteiger partial charge in [-0.15, -0.1) is 0 Å². The SMILES string of the molecule is CN1C(=O)N(c2ccc(C#N)c3ccccc23)C(=O)C1(C)COC(C)(C)C. The van der Waals surface area contributed by atoms with Gasteiger partial charge in [-0.2, -0.15) is 5.26 Å². The van der Waals surface area contributed by atoms with E-state index in [2.05, 4.69) is 6.07 Å². The van der Waals surface area contributed by atoms with Gasteiger partial charge in [0.05, 0.1) is 29.5 Å². The average Bonchev–Trinajstić information content (AvgIpc) is 2.80. The Balaban J connectivity index is 2.09. The van der Waals surface area contributed by atoms with Crippen LogP contribution >= 0.6 is 0 Å². The van der Waals surface area contributed by atoms with Crippen LogP contribution in [0.1, 0.15) is 33.3 Å². The first-order valence-corrected chi connectivity index (χ1v) is 8.78. The molecule has 1 fully saturated rings. The molecule has 6 nitrogen and oxygen atoms in total. The van der Waals surface area contributed by atoms with Crippen molar-refractivity contribution in [2.75, 3.05) is 18.6 Å². The van der Waals surface area contributed by atoms with Gasteiger partial charge in [-0.3, -0.25) is 4.79 Å². The third-order valence-corrected chi connectivity index (χ3v) is 4.93. The number of nitrogens with zero attached hydrogens (tertiary/aromatic N) is 3. The Kier molecular flexibility index (Phi) is 4.44. The van der Waals surface area contributed by atoms with Gasteiger partial charge in [0.25, 0.3) is 5.91 Å². The highest BCUT2D eigenvalue weighted by atomic mass is 16.5.